The molecule has 0 atom stereocenters. The SMILES string of the molecule is COc1ccc(/C(C)=N/NC(=O)CSc2nnc(-c3ccc(C(C)(C)C)cc3)n2-c2ccc(C)cc2)cc1. The number of benzene rings is 3. The summed E-state index contributed by atoms with van der Waals surface area (Å²) < 4.78 is 7.19. The molecular weight excluding hydrogens is 494 g/mol. The summed E-state index contributed by atoms with van der Waals surface area (Å²) in [5.74, 6) is 1.42. The minimum Gasteiger partial charge on any atom is -0.497 e. The predicted octanol–water partition coefficient (Wildman–Crippen LogP) is 6.18. The zero-order valence-electron chi connectivity index (χ0n) is 22.6. The normalized spacial score (nSPS) is 11.9. The molecule has 3 aromatic carbocycles. The number of hydrogen-bond acceptors (Lipinski definition) is 6. The molecule has 0 unspecified atom stereocenters. The van der Waals surface area contributed by atoms with Crippen LogP contribution in [0.1, 0.15) is 44.4 Å². The van der Waals surface area contributed by atoms with Crippen LogP contribution in [0.3, 0.4) is 0 Å². The summed E-state index contributed by atoms with van der Waals surface area (Å²) in [6.45, 7) is 10.5. The Morgan fingerprint density at radius 3 is 2.24 bits per heavy atom. The van der Waals surface area contributed by atoms with Crippen LogP contribution in [0.15, 0.2) is 83.1 Å². The fraction of sp³-hybridized carbons (Fsp3) is 0.267. The first-order valence-corrected chi connectivity index (χ1v) is 13.4. The van der Waals surface area contributed by atoms with Crippen molar-refractivity contribution in [2.24, 2.45) is 5.10 Å². The van der Waals surface area contributed by atoms with Crippen molar-refractivity contribution in [1.82, 2.24) is 20.2 Å². The van der Waals surface area contributed by atoms with E-state index in [2.05, 4.69) is 84.8 Å². The summed E-state index contributed by atoms with van der Waals surface area (Å²) in [6, 6.07) is 24.1. The number of amides is 1. The Hall–Kier alpha value is -3.91. The molecule has 0 radical (unpaired) electrons. The van der Waals surface area contributed by atoms with Gasteiger partial charge in [-0.25, -0.2) is 5.43 Å². The van der Waals surface area contributed by atoms with Crippen molar-refractivity contribution in [3.8, 4) is 22.8 Å². The quantitative estimate of drug-likeness (QED) is 0.168. The van der Waals surface area contributed by atoms with Gasteiger partial charge in [0.05, 0.1) is 18.6 Å². The molecule has 1 heterocycles. The van der Waals surface area contributed by atoms with E-state index in [1.807, 2.05) is 47.9 Å². The summed E-state index contributed by atoms with van der Waals surface area (Å²) in [5, 5.41) is 13.8. The van der Waals surface area contributed by atoms with Crippen molar-refractivity contribution >= 4 is 23.4 Å². The number of nitrogens with zero attached hydrogens (tertiary/aromatic N) is 4. The molecule has 38 heavy (non-hydrogen) atoms. The van der Waals surface area contributed by atoms with E-state index in [1.54, 1.807) is 7.11 Å². The molecule has 0 aliphatic heterocycles. The minimum atomic E-state index is -0.225. The molecule has 196 valence electrons. The van der Waals surface area contributed by atoms with E-state index >= 15 is 0 Å². The average Bonchev–Trinajstić information content (AvgIpc) is 3.34. The van der Waals surface area contributed by atoms with E-state index in [4.69, 9.17) is 4.74 Å². The maximum Gasteiger partial charge on any atom is 0.250 e. The van der Waals surface area contributed by atoms with Gasteiger partial charge >= 0.3 is 0 Å². The summed E-state index contributed by atoms with van der Waals surface area (Å²) in [4.78, 5) is 12.6. The predicted molar refractivity (Wildman–Crippen MR) is 154 cm³/mol. The summed E-state index contributed by atoms with van der Waals surface area (Å²) in [5.41, 5.74) is 8.62. The monoisotopic (exact) mass is 527 g/mol. The number of nitrogens with one attached hydrogen (secondary N) is 1. The molecule has 1 aromatic heterocycles. The fourth-order valence-electron chi connectivity index (χ4n) is 3.80. The summed E-state index contributed by atoms with van der Waals surface area (Å²) in [7, 11) is 1.62. The van der Waals surface area contributed by atoms with Gasteiger partial charge in [0.2, 0.25) is 0 Å². The molecule has 0 fully saturated rings. The van der Waals surface area contributed by atoms with E-state index in [0.29, 0.717) is 10.9 Å². The van der Waals surface area contributed by atoms with Gasteiger partial charge in [0.15, 0.2) is 11.0 Å². The summed E-state index contributed by atoms with van der Waals surface area (Å²) in [6.07, 6.45) is 0. The molecule has 8 heteroatoms. The highest BCUT2D eigenvalue weighted by molar-refractivity contribution is 7.99. The molecule has 0 saturated heterocycles. The molecule has 0 bridgehead atoms. The zero-order chi connectivity index (χ0) is 27.3. The maximum atomic E-state index is 12.6. The lowest BCUT2D eigenvalue weighted by molar-refractivity contribution is -0.118. The fourth-order valence-corrected chi connectivity index (χ4v) is 4.55. The van der Waals surface area contributed by atoms with Crippen LogP contribution in [-0.4, -0.2) is 39.2 Å². The highest BCUT2D eigenvalue weighted by Gasteiger charge is 2.19. The Morgan fingerprint density at radius 2 is 1.63 bits per heavy atom. The second-order valence-corrected chi connectivity index (χ2v) is 11.0. The molecule has 4 aromatic rings. The first-order valence-electron chi connectivity index (χ1n) is 12.4. The van der Waals surface area contributed by atoms with E-state index in [1.165, 1.54) is 17.3 Å². The third kappa shape index (κ3) is 6.50. The van der Waals surface area contributed by atoms with Crippen molar-refractivity contribution in [3.05, 3.63) is 89.5 Å². The Balaban J connectivity index is 1.53. The zero-order valence-corrected chi connectivity index (χ0v) is 23.5. The van der Waals surface area contributed by atoms with Gasteiger partial charge in [-0.2, -0.15) is 5.10 Å². The first kappa shape index (κ1) is 27.1. The second kappa shape index (κ2) is 11.6. The highest BCUT2D eigenvalue weighted by atomic mass is 32.2. The van der Waals surface area contributed by atoms with Crippen molar-refractivity contribution in [3.63, 3.8) is 0 Å². The second-order valence-electron chi connectivity index (χ2n) is 10.1. The van der Waals surface area contributed by atoms with Crippen molar-refractivity contribution < 1.29 is 9.53 Å². The molecule has 1 N–H and O–H groups in total. The van der Waals surface area contributed by atoms with Gasteiger partial charge in [-0.05, 0) is 66.8 Å². The molecule has 7 nitrogen and oxygen atoms in total. The molecule has 0 saturated carbocycles. The summed E-state index contributed by atoms with van der Waals surface area (Å²) >= 11 is 1.32. The molecule has 0 aliphatic carbocycles. The third-order valence-electron chi connectivity index (χ3n) is 6.12. The van der Waals surface area contributed by atoms with E-state index in [9.17, 15) is 4.79 Å². The smallest absolute Gasteiger partial charge is 0.250 e. The lowest BCUT2D eigenvalue weighted by Crippen LogP contribution is -2.21. The number of aromatic nitrogens is 3. The highest BCUT2D eigenvalue weighted by Crippen LogP contribution is 2.30. The standard InChI is InChI=1S/C30H33N5O2S/c1-20-7-15-25(16-8-20)35-28(23-9-13-24(14-10-23)30(3,4)5)33-34-29(35)38-19-27(36)32-31-21(2)22-11-17-26(37-6)18-12-22/h7-18H,19H2,1-6H3,(H,32,36)/b31-21+. The number of carbonyl (C=O) groups excluding carboxylic acids is 1. The van der Waals surface area contributed by atoms with Gasteiger partial charge in [-0.1, -0.05) is 74.5 Å². The molecule has 1 amide bonds. The van der Waals surface area contributed by atoms with Crippen LogP contribution >= 0.6 is 11.8 Å². The van der Waals surface area contributed by atoms with E-state index in [0.717, 1.165) is 34.0 Å². The van der Waals surface area contributed by atoms with Gasteiger partial charge in [0.1, 0.15) is 5.75 Å². The number of rotatable bonds is 8. The first-order chi connectivity index (χ1) is 18.2. The average molecular weight is 528 g/mol. The van der Waals surface area contributed by atoms with E-state index < -0.39 is 0 Å². The van der Waals surface area contributed by atoms with Gasteiger partial charge in [0.25, 0.3) is 5.91 Å². The Bertz CT molecular complexity index is 1420. The van der Waals surface area contributed by atoms with Crippen LogP contribution in [0.25, 0.3) is 17.1 Å². The largest absolute Gasteiger partial charge is 0.497 e. The number of carbonyl (C=O) groups is 1. The number of methoxy groups -OCH3 is 1. The van der Waals surface area contributed by atoms with Crippen LogP contribution in [0, 0.1) is 6.92 Å². The van der Waals surface area contributed by atoms with Crippen LogP contribution in [0.5, 0.6) is 5.75 Å². The van der Waals surface area contributed by atoms with Crippen molar-refractivity contribution in [2.75, 3.05) is 12.9 Å². The molecular formula is C30H33N5O2S. The maximum absolute atomic E-state index is 12.6. The number of hydrazone groups is 1. The van der Waals surface area contributed by atoms with Crippen LogP contribution in [0.4, 0.5) is 0 Å². The Kier molecular flexibility index (Phi) is 8.32. The van der Waals surface area contributed by atoms with Gasteiger partial charge < -0.3 is 4.74 Å². The van der Waals surface area contributed by atoms with E-state index in [-0.39, 0.29) is 17.1 Å². The minimum absolute atomic E-state index is 0.0613. The van der Waals surface area contributed by atoms with Gasteiger partial charge in [-0.3, -0.25) is 9.36 Å². The van der Waals surface area contributed by atoms with Crippen LogP contribution < -0.4 is 10.2 Å². The molecule has 4 rings (SSSR count). The van der Waals surface area contributed by atoms with Crippen LogP contribution in [0.2, 0.25) is 0 Å². The number of thioether (sulfide) groups is 1. The lowest BCUT2D eigenvalue weighted by atomic mass is 9.87. The number of hydrogen-bond donors (Lipinski definition) is 1. The van der Waals surface area contributed by atoms with Crippen LogP contribution in [-0.2, 0) is 10.2 Å². The number of ether oxygens (including phenoxy) is 1. The van der Waals surface area contributed by atoms with Crippen molar-refractivity contribution in [1.29, 1.82) is 0 Å². The molecule has 0 aliphatic rings. The third-order valence-corrected chi connectivity index (χ3v) is 7.05. The lowest BCUT2D eigenvalue weighted by Gasteiger charge is -2.19. The molecule has 0 spiro atoms. The topological polar surface area (TPSA) is 81.4 Å². The Morgan fingerprint density at radius 1 is 0.974 bits per heavy atom. The van der Waals surface area contributed by atoms with Gasteiger partial charge in [-0.15, -0.1) is 10.2 Å². The number of aryl methyl sites for hydroxylation is 1. The Labute approximate surface area is 228 Å². The van der Waals surface area contributed by atoms with Crippen molar-refractivity contribution in [2.45, 2.75) is 45.2 Å². The van der Waals surface area contributed by atoms with Gasteiger partial charge in [0, 0.05) is 11.3 Å².